The Morgan fingerprint density at radius 3 is 1.45 bits per heavy atom. The molecule has 0 aromatic heterocycles. The van der Waals surface area contributed by atoms with E-state index in [1.54, 1.807) is 0 Å². The topological polar surface area (TPSA) is 72.8 Å². The Kier molecular flexibility index (Phi) is 21.9. The number of unbranched alkanes of at least 4 members (excludes halogenated alkanes) is 10. The molecule has 0 bridgehead atoms. The van der Waals surface area contributed by atoms with Gasteiger partial charge in [0.25, 0.3) is 0 Å². The quantitative estimate of drug-likeness (QED) is 0.125. The predicted octanol–water partition coefficient (Wildman–Crippen LogP) is 7.38. The second kappa shape index (κ2) is 22.7. The number of hydrogen-bond acceptors (Lipinski definition) is 5. The van der Waals surface area contributed by atoms with E-state index in [9.17, 15) is 14.7 Å². The van der Waals surface area contributed by atoms with E-state index in [4.69, 9.17) is 9.47 Å². The molecule has 0 aliphatic carbocycles. The monoisotopic (exact) mass is 470 g/mol. The van der Waals surface area contributed by atoms with Crippen LogP contribution in [-0.4, -0.2) is 36.4 Å². The molecule has 0 aromatic rings. The van der Waals surface area contributed by atoms with E-state index in [1.165, 1.54) is 57.8 Å². The minimum absolute atomic E-state index is 0.113. The fourth-order valence-electron chi connectivity index (χ4n) is 3.77. The first-order valence-electron chi connectivity index (χ1n) is 13.8. The average molecular weight is 471 g/mol. The van der Waals surface area contributed by atoms with Crippen LogP contribution in [0, 0.1) is 11.8 Å². The molecule has 196 valence electrons. The molecule has 0 fully saturated rings. The zero-order chi connectivity index (χ0) is 24.7. The molecule has 0 amide bonds. The minimum atomic E-state index is -0.954. The first-order valence-corrected chi connectivity index (χ1v) is 13.8. The number of carbonyl (C=O) groups excluding carboxylic acids is 2. The van der Waals surface area contributed by atoms with Gasteiger partial charge in [-0.1, -0.05) is 111 Å². The van der Waals surface area contributed by atoms with Gasteiger partial charge in [0.2, 0.25) is 0 Å². The Morgan fingerprint density at radius 2 is 1.03 bits per heavy atom. The fourth-order valence-corrected chi connectivity index (χ4v) is 3.77. The van der Waals surface area contributed by atoms with E-state index in [-0.39, 0.29) is 25.2 Å². The van der Waals surface area contributed by atoms with E-state index in [2.05, 4.69) is 27.7 Å². The standard InChI is InChI=1S/C28H54O5/c1-5-25(4)19-15-11-7-9-13-17-21-28(31)33-23-26(29)22-32-27(30)20-16-12-8-6-10-14-18-24(2)3/h24-26,29H,5-23H2,1-4H3/t25?,26-/m0/s1. The van der Waals surface area contributed by atoms with E-state index >= 15 is 0 Å². The van der Waals surface area contributed by atoms with Gasteiger partial charge in [-0.05, 0) is 24.7 Å². The van der Waals surface area contributed by atoms with Crippen LogP contribution in [0.2, 0.25) is 0 Å². The molecular formula is C28H54O5. The first-order chi connectivity index (χ1) is 15.8. The highest BCUT2D eigenvalue weighted by molar-refractivity contribution is 5.69. The Balaban J connectivity index is 3.49. The molecular weight excluding hydrogens is 416 g/mol. The summed E-state index contributed by atoms with van der Waals surface area (Å²) in [5.41, 5.74) is 0. The zero-order valence-electron chi connectivity index (χ0n) is 22.2. The molecule has 0 spiro atoms. The third-order valence-electron chi connectivity index (χ3n) is 6.31. The van der Waals surface area contributed by atoms with Crippen molar-refractivity contribution >= 4 is 11.9 Å². The van der Waals surface area contributed by atoms with Crippen LogP contribution in [0.3, 0.4) is 0 Å². The Bertz CT molecular complexity index is 463. The van der Waals surface area contributed by atoms with Crippen molar-refractivity contribution in [3.05, 3.63) is 0 Å². The van der Waals surface area contributed by atoms with Crippen LogP contribution in [0.25, 0.3) is 0 Å². The number of ether oxygens (including phenoxy) is 2. The molecule has 2 atom stereocenters. The highest BCUT2D eigenvalue weighted by Crippen LogP contribution is 2.15. The summed E-state index contributed by atoms with van der Waals surface area (Å²) in [6.07, 6.45) is 17.3. The van der Waals surface area contributed by atoms with Crippen LogP contribution in [0.1, 0.15) is 137 Å². The lowest BCUT2D eigenvalue weighted by Gasteiger charge is -2.12. The van der Waals surface area contributed by atoms with Crippen molar-refractivity contribution in [2.45, 2.75) is 143 Å². The van der Waals surface area contributed by atoms with Gasteiger partial charge in [0.1, 0.15) is 19.3 Å². The molecule has 0 rings (SSSR count). The SMILES string of the molecule is CCC(C)CCCCCCCCC(=O)OC[C@@H](O)COC(=O)CCCCCCCCC(C)C. The zero-order valence-corrected chi connectivity index (χ0v) is 22.2. The third kappa shape index (κ3) is 23.8. The van der Waals surface area contributed by atoms with Crippen molar-refractivity contribution in [1.29, 1.82) is 0 Å². The maximum Gasteiger partial charge on any atom is 0.305 e. The van der Waals surface area contributed by atoms with Gasteiger partial charge in [0.05, 0.1) is 0 Å². The molecule has 1 N–H and O–H groups in total. The molecule has 0 aliphatic rings. The second-order valence-electron chi connectivity index (χ2n) is 10.2. The van der Waals surface area contributed by atoms with Gasteiger partial charge >= 0.3 is 11.9 Å². The molecule has 0 aliphatic heterocycles. The number of hydrogen-bond donors (Lipinski definition) is 1. The van der Waals surface area contributed by atoms with E-state index < -0.39 is 6.10 Å². The van der Waals surface area contributed by atoms with Gasteiger partial charge in [0.15, 0.2) is 0 Å². The van der Waals surface area contributed by atoms with Crippen LogP contribution < -0.4 is 0 Å². The maximum atomic E-state index is 11.8. The predicted molar refractivity (Wildman–Crippen MR) is 136 cm³/mol. The summed E-state index contributed by atoms with van der Waals surface area (Å²) in [4.78, 5) is 23.6. The summed E-state index contributed by atoms with van der Waals surface area (Å²) in [5.74, 6) is 1.04. The van der Waals surface area contributed by atoms with Gasteiger partial charge in [-0.25, -0.2) is 0 Å². The molecule has 0 aromatic carbocycles. The summed E-state index contributed by atoms with van der Waals surface area (Å²) < 4.78 is 10.2. The van der Waals surface area contributed by atoms with Gasteiger partial charge in [-0.3, -0.25) is 9.59 Å². The van der Waals surface area contributed by atoms with Crippen LogP contribution in [0.5, 0.6) is 0 Å². The van der Waals surface area contributed by atoms with Crippen LogP contribution in [0.4, 0.5) is 0 Å². The average Bonchev–Trinajstić information content (AvgIpc) is 2.79. The lowest BCUT2D eigenvalue weighted by atomic mass is 10.00. The highest BCUT2D eigenvalue weighted by Gasteiger charge is 2.12. The highest BCUT2D eigenvalue weighted by atomic mass is 16.6. The van der Waals surface area contributed by atoms with Crippen LogP contribution in [0.15, 0.2) is 0 Å². The maximum absolute atomic E-state index is 11.8. The number of esters is 2. The van der Waals surface area contributed by atoms with E-state index in [0.29, 0.717) is 12.8 Å². The van der Waals surface area contributed by atoms with Crippen LogP contribution in [-0.2, 0) is 19.1 Å². The minimum Gasteiger partial charge on any atom is -0.463 e. The fraction of sp³-hybridized carbons (Fsp3) is 0.929. The third-order valence-corrected chi connectivity index (χ3v) is 6.31. The van der Waals surface area contributed by atoms with Crippen molar-refractivity contribution in [3.63, 3.8) is 0 Å². The summed E-state index contributed by atoms with van der Waals surface area (Å²) in [6.45, 7) is 8.84. The number of carbonyl (C=O) groups is 2. The van der Waals surface area contributed by atoms with E-state index in [1.807, 2.05) is 0 Å². The number of aliphatic hydroxyl groups excluding tert-OH is 1. The molecule has 0 saturated heterocycles. The molecule has 0 heterocycles. The Labute approximate surface area is 204 Å². The van der Waals surface area contributed by atoms with Crippen molar-refractivity contribution < 1.29 is 24.2 Å². The normalized spacial score (nSPS) is 13.2. The second-order valence-corrected chi connectivity index (χ2v) is 10.2. The number of rotatable bonds is 23. The Morgan fingerprint density at radius 1 is 0.636 bits per heavy atom. The largest absolute Gasteiger partial charge is 0.463 e. The van der Waals surface area contributed by atoms with Crippen molar-refractivity contribution in [2.24, 2.45) is 11.8 Å². The number of aliphatic hydroxyl groups is 1. The van der Waals surface area contributed by atoms with Crippen LogP contribution >= 0.6 is 0 Å². The first kappa shape index (κ1) is 31.9. The summed E-state index contributed by atoms with van der Waals surface area (Å²) in [5, 5.41) is 9.87. The molecule has 0 saturated carbocycles. The van der Waals surface area contributed by atoms with Crippen molar-refractivity contribution in [3.8, 4) is 0 Å². The molecule has 5 nitrogen and oxygen atoms in total. The van der Waals surface area contributed by atoms with Gasteiger partial charge in [-0.15, -0.1) is 0 Å². The van der Waals surface area contributed by atoms with Crippen molar-refractivity contribution in [2.75, 3.05) is 13.2 Å². The smallest absolute Gasteiger partial charge is 0.305 e. The van der Waals surface area contributed by atoms with Gasteiger partial charge < -0.3 is 14.6 Å². The Hall–Kier alpha value is -1.10. The molecule has 1 unspecified atom stereocenters. The lowest BCUT2D eigenvalue weighted by Crippen LogP contribution is -2.25. The molecule has 33 heavy (non-hydrogen) atoms. The summed E-state index contributed by atoms with van der Waals surface area (Å²) in [6, 6.07) is 0. The summed E-state index contributed by atoms with van der Waals surface area (Å²) in [7, 11) is 0. The van der Waals surface area contributed by atoms with Gasteiger partial charge in [0, 0.05) is 12.8 Å². The summed E-state index contributed by atoms with van der Waals surface area (Å²) >= 11 is 0. The molecule has 0 radical (unpaired) electrons. The van der Waals surface area contributed by atoms with E-state index in [0.717, 1.165) is 50.4 Å². The van der Waals surface area contributed by atoms with Crippen molar-refractivity contribution in [1.82, 2.24) is 0 Å². The molecule has 5 heteroatoms. The van der Waals surface area contributed by atoms with Gasteiger partial charge in [-0.2, -0.15) is 0 Å². The lowest BCUT2D eigenvalue weighted by molar-refractivity contribution is -0.152.